The molecule has 4 heterocycles. The summed E-state index contributed by atoms with van der Waals surface area (Å²) in [7, 11) is 7.93. The molecule has 0 fully saturated rings. The molecule has 4 aromatic carbocycles. The van der Waals surface area contributed by atoms with Gasteiger partial charge in [-0.25, -0.2) is 18.3 Å². The molecule has 8 rings (SSSR count). The second-order valence-corrected chi connectivity index (χ2v) is 19.4. The quantitative estimate of drug-likeness (QED) is 0.128. The van der Waals surface area contributed by atoms with E-state index in [-0.39, 0.29) is 11.8 Å². The van der Waals surface area contributed by atoms with Crippen molar-refractivity contribution in [3.63, 3.8) is 0 Å². The summed E-state index contributed by atoms with van der Waals surface area (Å²) in [6.07, 6.45) is 3.77. The van der Waals surface area contributed by atoms with Crippen LogP contribution in [0.25, 0.3) is 45.0 Å². The SMILES string of the molecule is [2H]C([2H])(C)c1cc[n+](C)c(-c2ccccc2C)c1.[2H]C([2H])([2H])C(C)(C)c1cc[n+](C)c(-c2ccccc2C)c1.[2H]C([2H])(c1cc[n+](C)c(-c2ccccc2C)c1)C(C)C.[2H]C([2H])(c1ccc(-c2ccccc2C)[n+](C)c1)C(C)C. The topological polar surface area (TPSA) is 15.5 Å². The maximum Gasteiger partial charge on any atom is 0.212 e. The van der Waals surface area contributed by atoms with Crippen LogP contribution in [0.1, 0.15) is 112 Å². The van der Waals surface area contributed by atoms with Crippen molar-refractivity contribution in [1.29, 1.82) is 0 Å². The fraction of sp³-hybridized carbons (Fsp3) is 0.333. The van der Waals surface area contributed by atoms with Crippen molar-refractivity contribution in [3.05, 3.63) is 215 Å². The first-order valence-electron chi connectivity index (χ1n) is 29.0. The van der Waals surface area contributed by atoms with Gasteiger partial charge < -0.3 is 0 Å². The summed E-state index contributed by atoms with van der Waals surface area (Å²) in [5, 5.41) is 0. The lowest BCUT2D eigenvalue weighted by molar-refractivity contribution is -0.660. The van der Waals surface area contributed by atoms with Crippen LogP contribution < -0.4 is 18.3 Å². The molecular weight excluding hydrogens is 849 g/mol. The van der Waals surface area contributed by atoms with Crippen LogP contribution in [-0.2, 0) is 52.7 Å². The molecule has 0 N–H and O–H groups in total. The van der Waals surface area contributed by atoms with E-state index in [9.17, 15) is 0 Å². The molecule has 0 aliphatic rings. The first-order chi connectivity index (χ1) is 36.7. The third kappa shape index (κ3) is 15.2. The zero-order valence-electron chi connectivity index (χ0n) is 53.6. The van der Waals surface area contributed by atoms with Gasteiger partial charge in [0.15, 0.2) is 24.8 Å². The molecule has 0 unspecified atom stereocenters. The van der Waals surface area contributed by atoms with Crippen molar-refractivity contribution in [1.82, 2.24) is 0 Å². The van der Waals surface area contributed by atoms with E-state index in [1.54, 1.807) is 20.8 Å². The number of rotatable bonds is 9. The highest BCUT2D eigenvalue weighted by Crippen LogP contribution is 2.27. The molecule has 0 aliphatic carbocycles. The van der Waals surface area contributed by atoms with Gasteiger partial charge in [0.25, 0.3) is 0 Å². The highest BCUT2D eigenvalue weighted by atomic mass is 14.9. The fourth-order valence-corrected chi connectivity index (χ4v) is 8.23. The first-order valence-corrected chi connectivity index (χ1v) is 24.5. The summed E-state index contributed by atoms with van der Waals surface area (Å²) >= 11 is 0. The normalized spacial score (nSPS) is 13.7. The van der Waals surface area contributed by atoms with Crippen LogP contribution in [0.3, 0.4) is 0 Å². The monoisotopic (exact) mass is 942 g/mol. The van der Waals surface area contributed by atoms with E-state index < -0.39 is 31.4 Å². The molecule has 0 saturated carbocycles. The molecule has 364 valence electrons. The Kier molecular flexibility index (Phi) is 15.4. The van der Waals surface area contributed by atoms with Gasteiger partial charge in [0, 0.05) is 82.6 Å². The smallest absolute Gasteiger partial charge is 0.201 e. The third-order valence-corrected chi connectivity index (χ3v) is 12.2. The van der Waals surface area contributed by atoms with Crippen LogP contribution >= 0.6 is 0 Å². The zero-order chi connectivity index (χ0) is 59.0. The third-order valence-electron chi connectivity index (χ3n) is 12.2. The largest absolute Gasteiger partial charge is 0.212 e. The molecule has 8 aromatic rings. The van der Waals surface area contributed by atoms with Gasteiger partial charge in [-0.3, -0.25) is 0 Å². The van der Waals surface area contributed by atoms with Crippen LogP contribution in [-0.4, -0.2) is 0 Å². The van der Waals surface area contributed by atoms with E-state index >= 15 is 0 Å². The van der Waals surface area contributed by atoms with Crippen LogP contribution in [0.2, 0.25) is 0 Å². The number of hydrogen-bond donors (Lipinski definition) is 0. The maximum absolute atomic E-state index is 8.26. The molecule has 0 saturated heterocycles. The standard InChI is InChI=1S/3C17H22N.C15H18N/c1-13-8-6-7-9-15(13)16-12-14(17(2,3)4)10-11-18(16)5;1-13(2)11-15-9-10-18(4)17(12-15)16-8-6-5-7-14(16)3;1-13(2)11-15-9-10-17(18(4)12-15)16-8-6-5-7-14(16)3;1-4-13-9-10-16(3)15(11-13)14-8-6-5-7-12(14)2/h6-12H,1-5H3;2*5-10,12-13H,11H2,1-4H3;5-11H,4H2,1-3H3/q4*+1/i2D3;2*11D2;4D2. The molecule has 0 atom stereocenters. The second-order valence-electron chi connectivity index (χ2n) is 19.4. The summed E-state index contributed by atoms with van der Waals surface area (Å²) in [4.78, 5) is 0. The lowest BCUT2D eigenvalue weighted by Gasteiger charge is -2.19. The molecular formula is C66H84N4+4. The van der Waals surface area contributed by atoms with Gasteiger partial charge in [-0.15, -0.1) is 0 Å². The Morgan fingerprint density at radius 1 is 0.443 bits per heavy atom. The van der Waals surface area contributed by atoms with Gasteiger partial charge in [-0.1, -0.05) is 128 Å². The number of nitrogens with zero attached hydrogens (tertiary/aromatic N) is 4. The summed E-state index contributed by atoms with van der Waals surface area (Å²) in [5.74, 6) is -0.105. The first kappa shape index (κ1) is 42.4. The molecule has 70 heavy (non-hydrogen) atoms. The average Bonchev–Trinajstić information content (AvgIpc) is 3.39. The number of aromatic nitrogens is 4. The minimum absolute atomic E-state index is 0.0492. The average molecular weight is 942 g/mol. The minimum Gasteiger partial charge on any atom is -0.201 e. The second kappa shape index (κ2) is 25.4. The van der Waals surface area contributed by atoms with Crippen molar-refractivity contribution in [2.24, 2.45) is 40.0 Å². The van der Waals surface area contributed by atoms with E-state index in [1.807, 2.05) is 196 Å². The molecule has 0 bridgehead atoms. The highest BCUT2D eigenvalue weighted by Gasteiger charge is 2.20. The van der Waals surface area contributed by atoms with Crippen molar-refractivity contribution < 1.29 is 30.6 Å². The van der Waals surface area contributed by atoms with Crippen molar-refractivity contribution in [2.75, 3.05) is 0 Å². The Bertz CT molecular complexity index is 3350. The number of pyridine rings is 4. The molecule has 4 aromatic heterocycles. The number of benzene rings is 4. The van der Waals surface area contributed by atoms with Crippen molar-refractivity contribution in [3.8, 4) is 45.0 Å². The van der Waals surface area contributed by atoms with Gasteiger partial charge >= 0.3 is 0 Å². The molecule has 0 amide bonds. The van der Waals surface area contributed by atoms with Gasteiger partial charge in [-0.2, -0.15) is 0 Å². The maximum atomic E-state index is 8.26. The Morgan fingerprint density at radius 3 is 1.21 bits per heavy atom. The minimum atomic E-state index is -2.03. The summed E-state index contributed by atoms with van der Waals surface area (Å²) in [6.45, 7) is 19.1. The van der Waals surface area contributed by atoms with Crippen molar-refractivity contribution in [2.45, 2.75) is 108 Å². The molecule has 4 nitrogen and oxygen atoms in total. The zero-order valence-corrected chi connectivity index (χ0v) is 44.6. The van der Waals surface area contributed by atoms with Gasteiger partial charge in [0.05, 0.1) is 0 Å². The van der Waals surface area contributed by atoms with Crippen molar-refractivity contribution >= 4 is 0 Å². The van der Waals surface area contributed by atoms with E-state index in [2.05, 4.69) is 76.2 Å². The van der Waals surface area contributed by atoms with E-state index in [4.69, 9.17) is 12.3 Å². The van der Waals surface area contributed by atoms with Gasteiger partial charge in [-0.05, 0) is 133 Å². The van der Waals surface area contributed by atoms with Gasteiger partial charge in [0.1, 0.15) is 28.2 Å². The molecule has 4 heteroatoms. The predicted octanol–water partition coefficient (Wildman–Crippen LogP) is 14.2. The Labute approximate surface area is 436 Å². The summed E-state index contributed by atoms with van der Waals surface area (Å²) < 4.78 is 80.0. The summed E-state index contributed by atoms with van der Waals surface area (Å²) in [5.41, 5.74) is 15.8. The highest BCUT2D eigenvalue weighted by molar-refractivity contribution is 5.63. The fourth-order valence-electron chi connectivity index (χ4n) is 8.23. The Balaban J connectivity index is 0.000000194. The number of hydrogen-bond acceptors (Lipinski definition) is 0. The molecule has 0 spiro atoms. The van der Waals surface area contributed by atoms with Crippen LogP contribution in [0.15, 0.2) is 170 Å². The van der Waals surface area contributed by atoms with Crippen LogP contribution in [0.4, 0.5) is 0 Å². The lowest BCUT2D eigenvalue weighted by atomic mass is 9.86. The Hall–Kier alpha value is -6.52. The van der Waals surface area contributed by atoms with Crippen LogP contribution in [0, 0.1) is 39.5 Å². The number of aryl methyl sites for hydroxylation is 9. The summed E-state index contributed by atoms with van der Waals surface area (Å²) in [6, 6.07) is 48.2. The van der Waals surface area contributed by atoms with E-state index in [0.717, 1.165) is 56.2 Å². The van der Waals surface area contributed by atoms with Gasteiger partial charge in [0.2, 0.25) is 22.8 Å². The molecule has 0 radical (unpaired) electrons. The van der Waals surface area contributed by atoms with E-state index in [1.165, 1.54) is 27.8 Å². The van der Waals surface area contributed by atoms with E-state index in [0.29, 0.717) is 5.56 Å². The Morgan fingerprint density at radius 2 is 0.814 bits per heavy atom. The lowest BCUT2D eigenvalue weighted by Crippen LogP contribution is -2.31. The van der Waals surface area contributed by atoms with Crippen LogP contribution in [0.5, 0.6) is 0 Å². The molecule has 0 aliphatic heterocycles. The predicted molar refractivity (Wildman–Crippen MR) is 296 cm³/mol.